The molecule has 1 aliphatic carbocycles. The van der Waals surface area contributed by atoms with E-state index in [1.807, 2.05) is 24.3 Å². The summed E-state index contributed by atoms with van der Waals surface area (Å²) < 4.78 is 5.54. The number of nitrogens with zero attached hydrogens (tertiary/aromatic N) is 1. The molecule has 108 valence electrons. The monoisotopic (exact) mass is 273 g/mol. The van der Waals surface area contributed by atoms with Gasteiger partial charge in [0.25, 0.3) is 0 Å². The molecule has 0 spiro atoms. The summed E-state index contributed by atoms with van der Waals surface area (Å²) in [5, 5.41) is 20.1. The van der Waals surface area contributed by atoms with Gasteiger partial charge in [-0.2, -0.15) is 5.26 Å². The zero-order chi connectivity index (χ0) is 14.4. The third kappa shape index (κ3) is 3.13. The number of aliphatic hydroxyl groups is 1. The van der Waals surface area contributed by atoms with Gasteiger partial charge in [-0.25, -0.2) is 0 Å². The highest BCUT2D eigenvalue weighted by Crippen LogP contribution is 2.45. The van der Waals surface area contributed by atoms with Crippen molar-refractivity contribution in [3.05, 3.63) is 29.8 Å². The maximum atomic E-state index is 10.6. The van der Waals surface area contributed by atoms with Crippen molar-refractivity contribution in [1.29, 1.82) is 5.26 Å². The summed E-state index contributed by atoms with van der Waals surface area (Å²) in [7, 11) is 0. The molecule has 1 saturated carbocycles. The minimum absolute atomic E-state index is 0.607. The molecule has 1 N–H and O–H groups in total. The number of aliphatic hydroxyl groups excluding tert-OH is 1. The maximum Gasteiger partial charge on any atom is 0.119 e. The number of ether oxygens (including phenoxy) is 1. The lowest BCUT2D eigenvalue weighted by atomic mass is 9.69. The van der Waals surface area contributed by atoms with E-state index in [4.69, 9.17) is 4.74 Å². The lowest BCUT2D eigenvalue weighted by Crippen LogP contribution is -2.30. The van der Waals surface area contributed by atoms with Crippen LogP contribution in [0.15, 0.2) is 24.3 Å². The quantitative estimate of drug-likeness (QED) is 0.882. The largest absolute Gasteiger partial charge is 0.494 e. The van der Waals surface area contributed by atoms with Crippen LogP contribution in [-0.2, 0) is 0 Å². The predicted molar refractivity (Wildman–Crippen MR) is 78.3 cm³/mol. The van der Waals surface area contributed by atoms with Crippen LogP contribution in [0.3, 0.4) is 0 Å². The molecular formula is C17H23NO2. The van der Waals surface area contributed by atoms with Gasteiger partial charge in [-0.3, -0.25) is 0 Å². The molecule has 2 rings (SSSR count). The Balaban J connectivity index is 2.11. The lowest BCUT2D eigenvalue weighted by Gasteiger charge is -2.35. The molecule has 3 heteroatoms. The number of hydrogen-bond acceptors (Lipinski definition) is 3. The molecule has 0 heterocycles. The highest BCUT2D eigenvalue weighted by molar-refractivity contribution is 5.30. The van der Waals surface area contributed by atoms with Crippen molar-refractivity contribution in [2.75, 3.05) is 6.61 Å². The molecule has 0 saturated heterocycles. The van der Waals surface area contributed by atoms with Gasteiger partial charge in [0.15, 0.2) is 0 Å². The van der Waals surface area contributed by atoms with E-state index in [9.17, 15) is 10.4 Å². The molecule has 0 amide bonds. The first kappa shape index (κ1) is 14.9. The molecular weight excluding hydrogens is 250 g/mol. The summed E-state index contributed by atoms with van der Waals surface area (Å²) in [5.41, 5.74) is 0.210. The second-order valence-corrected chi connectivity index (χ2v) is 5.65. The topological polar surface area (TPSA) is 53.2 Å². The van der Waals surface area contributed by atoms with Gasteiger partial charge in [0.2, 0.25) is 0 Å². The molecule has 0 bridgehead atoms. The Hall–Kier alpha value is -1.53. The summed E-state index contributed by atoms with van der Waals surface area (Å²) in [6, 6.07) is 9.89. The molecule has 1 unspecified atom stereocenters. The first-order valence-corrected chi connectivity index (χ1v) is 7.54. The second-order valence-electron chi connectivity index (χ2n) is 5.65. The summed E-state index contributed by atoms with van der Waals surface area (Å²) >= 11 is 0. The number of hydrogen-bond donors (Lipinski definition) is 1. The first-order valence-electron chi connectivity index (χ1n) is 7.54. The number of rotatable bonds is 5. The molecule has 1 fully saturated rings. The fraction of sp³-hybridized carbons (Fsp3) is 0.588. The normalized spacial score (nSPS) is 19.1. The van der Waals surface area contributed by atoms with E-state index >= 15 is 0 Å². The number of nitriles is 1. The summed E-state index contributed by atoms with van der Waals surface area (Å²) in [5.74, 6) is 0.817. The van der Waals surface area contributed by atoms with Crippen LogP contribution < -0.4 is 4.74 Å². The average molecular weight is 273 g/mol. The van der Waals surface area contributed by atoms with Crippen molar-refractivity contribution >= 4 is 0 Å². The molecule has 3 nitrogen and oxygen atoms in total. The van der Waals surface area contributed by atoms with Crippen molar-refractivity contribution < 1.29 is 9.84 Å². The van der Waals surface area contributed by atoms with Crippen LogP contribution in [0, 0.1) is 16.7 Å². The van der Waals surface area contributed by atoms with Crippen molar-refractivity contribution in [2.45, 2.75) is 51.6 Å². The van der Waals surface area contributed by atoms with E-state index in [0.717, 1.165) is 43.4 Å². The van der Waals surface area contributed by atoms with Gasteiger partial charge in [0, 0.05) is 0 Å². The third-order valence-corrected chi connectivity index (χ3v) is 4.16. The van der Waals surface area contributed by atoms with Gasteiger partial charge in [0.1, 0.15) is 5.75 Å². The molecule has 20 heavy (non-hydrogen) atoms. The van der Waals surface area contributed by atoms with Crippen LogP contribution in [0.5, 0.6) is 5.75 Å². The summed E-state index contributed by atoms with van der Waals surface area (Å²) in [4.78, 5) is 0. The van der Waals surface area contributed by atoms with E-state index in [2.05, 4.69) is 13.0 Å². The van der Waals surface area contributed by atoms with E-state index in [1.54, 1.807) is 0 Å². The van der Waals surface area contributed by atoms with Crippen molar-refractivity contribution in [2.24, 2.45) is 5.41 Å². The summed E-state index contributed by atoms with van der Waals surface area (Å²) in [6.07, 6.45) is 5.08. The van der Waals surface area contributed by atoms with Crippen LogP contribution in [0.2, 0.25) is 0 Å². The molecule has 0 aromatic heterocycles. The molecule has 1 aromatic rings. The van der Waals surface area contributed by atoms with Crippen LogP contribution >= 0.6 is 0 Å². The molecule has 1 aromatic carbocycles. The van der Waals surface area contributed by atoms with Crippen molar-refractivity contribution in [1.82, 2.24) is 0 Å². The van der Waals surface area contributed by atoms with E-state index in [0.29, 0.717) is 6.61 Å². The Morgan fingerprint density at radius 3 is 2.45 bits per heavy atom. The minimum Gasteiger partial charge on any atom is -0.494 e. The van der Waals surface area contributed by atoms with Crippen molar-refractivity contribution in [3.8, 4) is 11.8 Å². The fourth-order valence-electron chi connectivity index (χ4n) is 2.91. The second kappa shape index (κ2) is 6.76. The van der Waals surface area contributed by atoms with Crippen LogP contribution in [0.25, 0.3) is 0 Å². The van der Waals surface area contributed by atoms with Gasteiger partial charge < -0.3 is 9.84 Å². The zero-order valence-electron chi connectivity index (χ0n) is 12.1. The molecule has 0 radical (unpaired) electrons. The smallest absolute Gasteiger partial charge is 0.119 e. The van der Waals surface area contributed by atoms with Gasteiger partial charge in [0.05, 0.1) is 24.2 Å². The Bertz CT molecular complexity index is 455. The zero-order valence-corrected chi connectivity index (χ0v) is 12.1. The standard InChI is InChI=1S/C17H23NO2/c1-2-12-20-15-8-6-14(7-9-15)16(19)17(13-18)10-4-3-5-11-17/h6-9,16,19H,2-5,10-12H2,1H3. The predicted octanol–water partition coefficient (Wildman–Crippen LogP) is 3.98. The van der Waals surface area contributed by atoms with E-state index < -0.39 is 11.5 Å². The van der Waals surface area contributed by atoms with Crippen molar-refractivity contribution in [3.63, 3.8) is 0 Å². The van der Waals surface area contributed by atoms with Gasteiger partial charge >= 0.3 is 0 Å². The molecule has 1 atom stereocenters. The van der Waals surface area contributed by atoms with Gasteiger partial charge in [-0.15, -0.1) is 0 Å². The highest BCUT2D eigenvalue weighted by atomic mass is 16.5. The fourth-order valence-corrected chi connectivity index (χ4v) is 2.91. The Labute approximate surface area is 121 Å². The van der Waals surface area contributed by atoms with E-state index in [-0.39, 0.29) is 0 Å². The summed E-state index contributed by atoms with van der Waals surface area (Å²) in [6.45, 7) is 2.77. The first-order chi connectivity index (χ1) is 9.72. The Kier molecular flexibility index (Phi) is 5.03. The van der Waals surface area contributed by atoms with Crippen LogP contribution in [0.1, 0.15) is 57.1 Å². The van der Waals surface area contributed by atoms with Crippen LogP contribution in [0.4, 0.5) is 0 Å². The Morgan fingerprint density at radius 2 is 1.90 bits per heavy atom. The third-order valence-electron chi connectivity index (χ3n) is 4.16. The van der Waals surface area contributed by atoms with Gasteiger partial charge in [-0.1, -0.05) is 38.3 Å². The SMILES string of the molecule is CCCOc1ccc(C(O)C2(C#N)CCCCC2)cc1. The number of benzene rings is 1. The molecule has 0 aliphatic heterocycles. The lowest BCUT2D eigenvalue weighted by molar-refractivity contribution is 0.0359. The van der Waals surface area contributed by atoms with Gasteiger partial charge in [-0.05, 0) is 37.0 Å². The highest BCUT2D eigenvalue weighted by Gasteiger charge is 2.40. The average Bonchev–Trinajstić information content (AvgIpc) is 2.53. The Morgan fingerprint density at radius 1 is 1.25 bits per heavy atom. The van der Waals surface area contributed by atoms with Crippen LogP contribution in [-0.4, -0.2) is 11.7 Å². The van der Waals surface area contributed by atoms with E-state index in [1.165, 1.54) is 6.42 Å². The maximum absolute atomic E-state index is 10.6. The minimum atomic E-state index is -0.701. The molecule has 1 aliphatic rings.